The normalized spacial score (nSPS) is 49.8. The Bertz CT molecular complexity index is 1340. The highest BCUT2D eigenvalue weighted by atomic mass is 16.6. The molecule has 1 aliphatic heterocycles. The molecule has 6 fully saturated rings. The molecule has 6 heteroatoms. The molecule has 14 atom stereocenters. The number of aliphatic hydroxyl groups excluding tert-OH is 1. The van der Waals surface area contributed by atoms with E-state index in [4.69, 9.17) is 14.2 Å². The summed E-state index contributed by atoms with van der Waals surface area (Å²) in [6, 6.07) is 8.32. The van der Waals surface area contributed by atoms with E-state index in [9.17, 15) is 5.11 Å². The Morgan fingerprint density at radius 1 is 0.860 bits per heavy atom. The molecule has 1 N–H and O–H groups in total. The monoisotopic (exact) mass is 590 g/mol. The van der Waals surface area contributed by atoms with Crippen LogP contribution in [0.25, 0.3) is 0 Å². The molecule has 43 heavy (non-hydrogen) atoms. The minimum absolute atomic E-state index is 0.154. The van der Waals surface area contributed by atoms with Crippen LogP contribution in [-0.2, 0) is 23.8 Å². The van der Waals surface area contributed by atoms with E-state index in [1.807, 2.05) is 12.1 Å². The maximum atomic E-state index is 15.1. The average Bonchev–Trinajstić information content (AvgIpc) is 3.12. The maximum Gasteiger partial charge on any atom is 0.315 e. The third kappa shape index (κ3) is 3.05. The summed E-state index contributed by atoms with van der Waals surface area (Å²) in [6.45, 7) is 13.2. The van der Waals surface area contributed by atoms with Gasteiger partial charge in [-0.3, -0.25) is 9.59 Å². The van der Waals surface area contributed by atoms with Gasteiger partial charge in [0.25, 0.3) is 0 Å². The fourth-order valence-corrected chi connectivity index (χ4v) is 12.5. The third-order valence-electron chi connectivity index (χ3n) is 14.2. The zero-order chi connectivity index (χ0) is 30.2. The van der Waals surface area contributed by atoms with Crippen molar-refractivity contribution >= 4 is 11.9 Å². The van der Waals surface area contributed by atoms with Crippen LogP contribution in [0.15, 0.2) is 24.3 Å². The van der Waals surface area contributed by atoms with Crippen molar-refractivity contribution in [3.63, 3.8) is 0 Å². The number of carbonyl (C=O) groups is 2. The van der Waals surface area contributed by atoms with Crippen molar-refractivity contribution in [2.45, 2.75) is 116 Å². The lowest BCUT2D eigenvalue weighted by atomic mass is 9.10. The van der Waals surface area contributed by atoms with Gasteiger partial charge in [0.05, 0.1) is 18.8 Å². The molecule has 0 spiro atoms. The van der Waals surface area contributed by atoms with Gasteiger partial charge in [-0.05, 0) is 72.3 Å². The maximum absolute atomic E-state index is 15.1. The molecule has 6 nitrogen and oxygen atoms in total. The summed E-state index contributed by atoms with van der Waals surface area (Å²) in [5, 5.41) is 11.2. The van der Waals surface area contributed by atoms with Crippen LogP contribution in [-0.4, -0.2) is 48.1 Å². The van der Waals surface area contributed by atoms with Crippen LogP contribution in [0.4, 0.5) is 0 Å². The van der Waals surface area contributed by atoms with Gasteiger partial charge >= 0.3 is 11.9 Å². The zero-order valence-corrected chi connectivity index (χ0v) is 26.8. The minimum Gasteiger partial charge on any atom is -0.462 e. The summed E-state index contributed by atoms with van der Waals surface area (Å²) < 4.78 is 20.2. The topological polar surface area (TPSA) is 82.1 Å². The van der Waals surface area contributed by atoms with Crippen molar-refractivity contribution in [3.8, 4) is 0 Å². The van der Waals surface area contributed by atoms with E-state index in [1.165, 1.54) is 0 Å². The highest BCUT2D eigenvalue weighted by Gasteiger charge is 3.08. The van der Waals surface area contributed by atoms with Crippen molar-refractivity contribution in [2.75, 3.05) is 6.61 Å². The van der Waals surface area contributed by atoms with Crippen molar-refractivity contribution < 1.29 is 28.9 Å². The van der Waals surface area contributed by atoms with Crippen molar-refractivity contribution in [1.82, 2.24) is 0 Å². The smallest absolute Gasteiger partial charge is 0.315 e. The Kier molecular flexibility index (Phi) is 6.18. The van der Waals surface area contributed by atoms with Crippen molar-refractivity contribution in [1.29, 1.82) is 0 Å². The first-order valence-electron chi connectivity index (χ1n) is 17.3. The molecular formula is C37H50O6. The second kappa shape index (κ2) is 9.31. The zero-order valence-electron chi connectivity index (χ0n) is 26.8. The van der Waals surface area contributed by atoms with Gasteiger partial charge < -0.3 is 19.3 Å². The summed E-state index contributed by atoms with van der Waals surface area (Å²) >= 11 is 0. The van der Waals surface area contributed by atoms with Crippen LogP contribution >= 0.6 is 0 Å². The largest absolute Gasteiger partial charge is 0.462 e. The molecule has 1 aromatic carbocycles. The Morgan fingerprint density at radius 2 is 1.40 bits per heavy atom. The number of rotatable bonds is 7. The van der Waals surface area contributed by atoms with Gasteiger partial charge in [0, 0.05) is 23.2 Å². The van der Waals surface area contributed by atoms with Crippen LogP contribution in [0.1, 0.15) is 103 Å². The van der Waals surface area contributed by atoms with Crippen LogP contribution in [0.2, 0.25) is 0 Å². The molecule has 1 aromatic rings. The molecule has 6 aliphatic carbocycles. The highest BCUT2D eigenvalue weighted by molar-refractivity contribution is 6.00. The first kappa shape index (κ1) is 28.5. The van der Waals surface area contributed by atoms with Gasteiger partial charge in [0.15, 0.2) is 0 Å². The molecule has 1 saturated heterocycles. The summed E-state index contributed by atoms with van der Waals surface area (Å²) in [5.41, 5.74) is -0.742. The van der Waals surface area contributed by atoms with Gasteiger partial charge in [-0.2, -0.15) is 0 Å². The summed E-state index contributed by atoms with van der Waals surface area (Å²) in [7, 11) is 0. The van der Waals surface area contributed by atoms with Crippen LogP contribution < -0.4 is 0 Å². The summed E-state index contributed by atoms with van der Waals surface area (Å²) in [6.07, 6.45) is 5.32. The predicted molar refractivity (Wildman–Crippen MR) is 161 cm³/mol. The Morgan fingerprint density at radius 3 is 1.93 bits per heavy atom. The SMILES string of the molecule is CC(C)[C@@H]1CC[C@@H](C)C[C@H]1OC(=O)[C@@]12[C@@H]3c4ccccc4[C@H]4[C@H]5O[C@@H]3[C@@H]1[C@@]5(CO)[C@]42C(=O)O[C@@H]1C[C@H](C)CC[C@H]1C(C)C. The van der Waals surface area contributed by atoms with Crippen LogP contribution in [0.5, 0.6) is 0 Å². The van der Waals surface area contributed by atoms with Crippen molar-refractivity contribution in [2.24, 2.45) is 57.7 Å². The second-order valence-electron chi connectivity index (χ2n) is 16.5. The van der Waals surface area contributed by atoms with E-state index in [-0.39, 0.29) is 60.7 Å². The summed E-state index contributed by atoms with van der Waals surface area (Å²) in [4.78, 5) is 30.1. The summed E-state index contributed by atoms with van der Waals surface area (Å²) in [5.74, 6) is 1.13. The molecule has 0 bridgehead atoms. The average molecular weight is 591 g/mol. The Hall–Kier alpha value is -1.92. The van der Waals surface area contributed by atoms with Gasteiger partial charge in [0.1, 0.15) is 23.0 Å². The first-order valence-corrected chi connectivity index (χ1v) is 17.3. The fourth-order valence-electron chi connectivity index (χ4n) is 12.5. The molecular weight excluding hydrogens is 540 g/mol. The molecule has 0 aromatic heterocycles. The van der Waals surface area contributed by atoms with Crippen LogP contribution in [0, 0.1) is 57.7 Å². The number of esters is 2. The number of ether oxygens (including phenoxy) is 3. The van der Waals surface area contributed by atoms with E-state index >= 15 is 9.59 Å². The lowest BCUT2D eigenvalue weighted by Gasteiger charge is -2.87. The van der Waals surface area contributed by atoms with E-state index < -0.39 is 16.2 Å². The quantitative estimate of drug-likeness (QED) is 0.378. The predicted octanol–water partition coefficient (Wildman–Crippen LogP) is 6.25. The molecule has 5 saturated carbocycles. The fraction of sp³-hybridized carbons (Fsp3) is 0.784. The molecule has 0 radical (unpaired) electrons. The molecule has 234 valence electrons. The Balaban J connectivity index is 1.24. The number of benzene rings is 1. The third-order valence-corrected chi connectivity index (χ3v) is 14.2. The molecule has 0 unspecified atom stereocenters. The lowest BCUT2D eigenvalue weighted by molar-refractivity contribution is -0.386. The Labute approximate surface area is 256 Å². The lowest BCUT2D eigenvalue weighted by Crippen LogP contribution is -2.96. The molecule has 1 heterocycles. The number of hydrogen-bond donors (Lipinski definition) is 1. The van der Waals surface area contributed by atoms with Gasteiger partial charge in [-0.1, -0.05) is 78.6 Å². The molecule has 8 rings (SSSR count). The van der Waals surface area contributed by atoms with E-state index in [1.54, 1.807) is 0 Å². The molecule has 0 amide bonds. The number of aliphatic hydroxyl groups is 1. The minimum atomic E-state index is -1.15. The van der Waals surface area contributed by atoms with Gasteiger partial charge in [0.2, 0.25) is 0 Å². The van der Waals surface area contributed by atoms with E-state index in [0.717, 1.165) is 49.7 Å². The van der Waals surface area contributed by atoms with Gasteiger partial charge in [-0.15, -0.1) is 0 Å². The number of fused-ring (bicyclic) bond motifs is 5. The first-order chi connectivity index (χ1) is 20.6. The number of carbonyl (C=O) groups excluding carboxylic acids is 2. The van der Waals surface area contributed by atoms with Gasteiger partial charge in [-0.25, -0.2) is 0 Å². The van der Waals surface area contributed by atoms with E-state index in [2.05, 4.69) is 53.7 Å². The second-order valence-corrected chi connectivity index (χ2v) is 16.5. The number of hydrogen-bond acceptors (Lipinski definition) is 6. The standard InChI is InChI=1S/C37H50O6/c1-18(2)22-13-11-20(5)15-26(22)41-33(39)36-28-24-9-7-8-10-25(24)29-32-35(17-38,31(36)30(28)43-32)37(29,36)34(40)42-27-16-21(6)12-14-23(27)19(3)4/h7-10,18-23,26-32,38H,11-17H2,1-6H3/t20-,21-,22+,23+,26-,27-,28-,29+,30+,31-,32-,35-,36-,37-/m1/s1. The van der Waals surface area contributed by atoms with E-state index in [0.29, 0.717) is 35.5 Å². The van der Waals surface area contributed by atoms with Crippen molar-refractivity contribution in [3.05, 3.63) is 35.4 Å². The molecule has 7 aliphatic rings. The van der Waals surface area contributed by atoms with Crippen LogP contribution in [0.3, 0.4) is 0 Å². The highest BCUT2D eigenvalue weighted by Crippen LogP contribution is 3.00.